The molecular weight excluding hydrogens is 339 g/mol. The molecular formula is C12H14F2INO. The molecule has 0 aromatic heterocycles. The third-order valence-corrected chi connectivity index (χ3v) is 3.43. The molecule has 1 amide bonds. The summed E-state index contributed by atoms with van der Waals surface area (Å²) < 4.78 is 27.1. The minimum atomic E-state index is -1.10. The number of nitrogens with one attached hydrogen (secondary N) is 1. The molecule has 1 N–H and O–H groups in total. The van der Waals surface area contributed by atoms with Crippen LogP contribution in [0.4, 0.5) is 8.78 Å². The van der Waals surface area contributed by atoms with E-state index in [9.17, 15) is 13.6 Å². The van der Waals surface area contributed by atoms with Crippen molar-refractivity contribution in [3.63, 3.8) is 0 Å². The first-order chi connectivity index (χ1) is 7.97. The molecule has 0 aliphatic heterocycles. The number of amides is 1. The summed E-state index contributed by atoms with van der Waals surface area (Å²) in [5.74, 6) is -2.43. The summed E-state index contributed by atoms with van der Waals surface area (Å²) in [6, 6.07) is 3.54. The number of halogens is 3. The number of carbonyl (C=O) groups is 1. The van der Waals surface area contributed by atoms with Crippen molar-refractivity contribution in [2.45, 2.75) is 19.9 Å². The van der Waals surface area contributed by atoms with Crippen LogP contribution in [0.2, 0.25) is 0 Å². The van der Waals surface area contributed by atoms with Crippen molar-refractivity contribution in [3.05, 3.63) is 35.4 Å². The smallest absolute Gasteiger partial charge is 0.254 e. The van der Waals surface area contributed by atoms with Crippen LogP contribution in [0, 0.1) is 17.6 Å². The minimum absolute atomic E-state index is 0.0502. The summed E-state index contributed by atoms with van der Waals surface area (Å²) in [4.78, 5) is 11.8. The highest BCUT2D eigenvalue weighted by Gasteiger charge is 2.19. The monoisotopic (exact) mass is 353 g/mol. The molecule has 0 fully saturated rings. The lowest BCUT2D eigenvalue weighted by Gasteiger charge is -2.20. The topological polar surface area (TPSA) is 29.1 Å². The quantitative estimate of drug-likeness (QED) is 0.654. The van der Waals surface area contributed by atoms with Gasteiger partial charge in [-0.05, 0) is 18.1 Å². The molecule has 0 bridgehead atoms. The van der Waals surface area contributed by atoms with Gasteiger partial charge in [-0.2, -0.15) is 0 Å². The highest BCUT2D eigenvalue weighted by Crippen LogP contribution is 2.13. The van der Waals surface area contributed by atoms with E-state index >= 15 is 0 Å². The predicted molar refractivity (Wildman–Crippen MR) is 71.3 cm³/mol. The highest BCUT2D eigenvalue weighted by molar-refractivity contribution is 14.1. The SMILES string of the molecule is CC(C)C(CI)NC(=O)c1cccc(F)c1F. The van der Waals surface area contributed by atoms with Crippen LogP contribution in [0.3, 0.4) is 0 Å². The summed E-state index contributed by atoms with van der Waals surface area (Å²) in [7, 11) is 0. The van der Waals surface area contributed by atoms with Gasteiger partial charge >= 0.3 is 0 Å². The zero-order valence-electron chi connectivity index (χ0n) is 9.64. The summed E-state index contributed by atoms with van der Waals surface area (Å²) in [6.45, 7) is 3.93. The van der Waals surface area contributed by atoms with Crippen molar-refractivity contribution in [1.29, 1.82) is 0 Å². The van der Waals surface area contributed by atoms with Crippen LogP contribution in [-0.2, 0) is 0 Å². The minimum Gasteiger partial charge on any atom is -0.348 e. The van der Waals surface area contributed by atoms with Gasteiger partial charge < -0.3 is 5.32 Å². The second-order valence-electron chi connectivity index (χ2n) is 4.08. The number of alkyl halides is 1. The van der Waals surface area contributed by atoms with Gasteiger partial charge in [-0.1, -0.05) is 42.5 Å². The van der Waals surface area contributed by atoms with E-state index in [1.807, 2.05) is 13.8 Å². The van der Waals surface area contributed by atoms with Crippen molar-refractivity contribution in [2.75, 3.05) is 4.43 Å². The Hall–Kier alpha value is -0.720. The first-order valence-corrected chi connectivity index (χ1v) is 6.80. The van der Waals surface area contributed by atoms with Gasteiger partial charge in [0.05, 0.1) is 5.56 Å². The Balaban J connectivity index is 2.86. The van der Waals surface area contributed by atoms with Gasteiger partial charge in [0.15, 0.2) is 11.6 Å². The first kappa shape index (κ1) is 14.3. The van der Waals surface area contributed by atoms with Crippen LogP contribution < -0.4 is 5.32 Å². The van der Waals surface area contributed by atoms with Gasteiger partial charge in [0.25, 0.3) is 5.91 Å². The number of hydrogen-bond donors (Lipinski definition) is 1. The van der Waals surface area contributed by atoms with E-state index in [0.29, 0.717) is 0 Å². The molecule has 17 heavy (non-hydrogen) atoms. The van der Waals surface area contributed by atoms with E-state index in [2.05, 4.69) is 27.9 Å². The van der Waals surface area contributed by atoms with E-state index in [1.165, 1.54) is 12.1 Å². The molecule has 0 aliphatic rings. The molecule has 0 aliphatic carbocycles. The molecule has 5 heteroatoms. The Labute approximate surface area is 113 Å². The molecule has 94 valence electrons. The van der Waals surface area contributed by atoms with E-state index < -0.39 is 17.5 Å². The second-order valence-corrected chi connectivity index (χ2v) is 4.96. The summed E-state index contributed by atoms with van der Waals surface area (Å²) in [5.41, 5.74) is -0.250. The van der Waals surface area contributed by atoms with Gasteiger partial charge in [-0.3, -0.25) is 4.79 Å². The Morgan fingerprint density at radius 2 is 2.06 bits per heavy atom. The van der Waals surface area contributed by atoms with Crippen molar-refractivity contribution in [1.82, 2.24) is 5.32 Å². The lowest BCUT2D eigenvalue weighted by Crippen LogP contribution is -2.40. The summed E-state index contributed by atoms with van der Waals surface area (Å²) in [5, 5.41) is 2.70. The fraction of sp³-hybridized carbons (Fsp3) is 0.417. The zero-order chi connectivity index (χ0) is 13.0. The molecule has 0 saturated heterocycles. The van der Waals surface area contributed by atoms with Gasteiger partial charge in [-0.25, -0.2) is 8.78 Å². The van der Waals surface area contributed by atoms with Crippen LogP contribution in [-0.4, -0.2) is 16.4 Å². The second kappa shape index (κ2) is 6.28. The number of hydrogen-bond acceptors (Lipinski definition) is 1. The third-order valence-electron chi connectivity index (χ3n) is 2.48. The Morgan fingerprint density at radius 1 is 1.41 bits per heavy atom. The predicted octanol–water partition coefficient (Wildman–Crippen LogP) is 3.15. The average Bonchev–Trinajstić information content (AvgIpc) is 2.28. The van der Waals surface area contributed by atoms with E-state index in [-0.39, 0.29) is 17.5 Å². The molecule has 0 spiro atoms. The first-order valence-electron chi connectivity index (χ1n) is 5.28. The van der Waals surface area contributed by atoms with E-state index in [1.54, 1.807) is 0 Å². The lowest BCUT2D eigenvalue weighted by molar-refractivity contribution is 0.0927. The van der Waals surface area contributed by atoms with Crippen molar-refractivity contribution >= 4 is 28.5 Å². The van der Waals surface area contributed by atoms with Crippen LogP contribution in [0.5, 0.6) is 0 Å². The number of rotatable bonds is 4. The highest BCUT2D eigenvalue weighted by atomic mass is 127. The van der Waals surface area contributed by atoms with Crippen LogP contribution in [0.25, 0.3) is 0 Å². The lowest BCUT2D eigenvalue weighted by atomic mass is 10.1. The van der Waals surface area contributed by atoms with Gasteiger partial charge in [0, 0.05) is 10.5 Å². The number of benzene rings is 1. The van der Waals surface area contributed by atoms with E-state index in [0.717, 1.165) is 10.5 Å². The largest absolute Gasteiger partial charge is 0.348 e. The van der Waals surface area contributed by atoms with Crippen LogP contribution in [0.1, 0.15) is 24.2 Å². The molecule has 1 aromatic carbocycles. The molecule has 1 rings (SSSR count). The number of carbonyl (C=O) groups excluding carboxylic acids is 1. The van der Waals surface area contributed by atoms with Crippen molar-refractivity contribution in [2.24, 2.45) is 5.92 Å². The summed E-state index contributed by atoms with van der Waals surface area (Å²) >= 11 is 2.15. The molecule has 0 radical (unpaired) electrons. The fourth-order valence-electron chi connectivity index (χ4n) is 1.31. The maximum atomic E-state index is 13.4. The standard InChI is InChI=1S/C12H14F2INO/c1-7(2)10(6-15)16-12(17)8-4-3-5-9(13)11(8)14/h3-5,7,10H,6H2,1-2H3,(H,16,17). The van der Waals surface area contributed by atoms with Gasteiger partial charge in [0.2, 0.25) is 0 Å². The maximum Gasteiger partial charge on any atom is 0.254 e. The third kappa shape index (κ3) is 3.62. The molecule has 2 nitrogen and oxygen atoms in total. The molecule has 0 saturated carbocycles. The molecule has 1 aromatic rings. The van der Waals surface area contributed by atoms with Crippen LogP contribution in [0.15, 0.2) is 18.2 Å². The van der Waals surface area contributed by atoms with E-state index in [4.69, 9.17) is 0 Å². The Kier molecular flexibility index (Phi) is 5.30. The molecule has 1 atom stereocenters. The normalized spacial score (nSPS) is 12.6. The van der Waals surface area contributed by atoms with Gasteiger partial charge in [0.1, 0.15) is 0 Å². The fourth-order valence-corrected chi connectivity index (χ4v) is 2.55. The molecule has 0 heterocycles. The Bertz CT molecular complexity index is 409. The van der Waals surface area contributed by atoms with Crippen molar-refractivity contribution in [3.8, 4) is 0 Å². The zero-order valence-corrected chi connectivity index (χ0v) is 11.8. The maximum absolute atomic E-state index is 13.4. The van der Waals surface area contributed by atoms with Crippen LogP contribution >= 0.6 is 22.6 Å². The average molecular weight is 353 g/mol. The van der Waals surface area contributed by atoms with Crippen molar-refractivity contribution < 1.29 is 13.6 Å². The molecule has 1 unspecified atom stereocenters. The summed E-state index contributed by atoms with van der Waals surface area (Å²) in [6.07, 6.45) is 0. The Morgan fingerprint density at radius 3 is 2.59 bits per heavy atom. The van der Waals surface area contributed by atoms with Gasteiger partial charge in [-0.15, -0.1) is 0 Å².